The number of hydrogen-bond acceptors (Lipinski definition) is 3. The quantitative estimate of drug-likeness (QED) is 0.922. The highest BCUT2D eigenvalue weighted by Gasteiger charge is 2.30. The molecule has 1 fully saturated rings. The molecule has 7 heteroatoms. The van der Waals surface area contributed by atoms with Gasteiger partial charge in [-0.1, -0.05) is 0 Å². The molecule has 1 aliphatic rings. The molecule has 1 saturated heterocycles. The molecule has 0 spiro atoms. The van der Waals surface area contributed by atoms with Gasteiger partial charge in [0.1, 0.15) is 11.4 Å². The summed E-state index contributed by atoms with van der Waals surface area (Å²) in [5.74, 6) is -0.797. The SMILES string of the molecule is Cn1ncc(C(=O)N2CCCC(C(=O)O)C2)c1-n1cccc1. The number of amides is 1. The number of carboxylic acids is 1. The van der Waals surface area contributed by atoms with E-state index >= 15 is 0 Å². The highest BCUT2D eigenvalue weighted by atomic mass is 16.4. The molecule has 0 aromatic carbocycles. The Hall–Kier alpha value is -2.57. The summed E-state index contributed by atoms with van der Waals surface area (Å²) >= 11 is 0. The third-order valence-electron chi connectivity index (χ3n) is 4.04. The first-order valence-electron chi connectivity index (χ1n) is 7.25. The topological polar surface area (TPSA) is 80.4 Å². The van der Waals surface area contributed by atoms with Gasteiger partial charge in [0.2, 0.25) is 0 Å². The van der Waals surface area contributed by atoms with Crippen molar-refractivity contribution in [1.82, 2.24) is 19.2 Å². The molecular weight excluding hydrogens is 284 g/mol. The van der Waals surface area contributed by atoms with E-state index in [1.54, 1.807) is 22.8 Å². The van der Waals surface area contributed by atoms with Crippen LogP contribution in [0.15, 0.2) is 30.7 Å². The third kappa shape index (κ3) is 2.49. The third-order valence-corrected chi connectivity index (χ3v) is 4.04. The maximum absolute atomic E-state index is 12.8. The summed E-state index contributed by atoms with van der Waals surface area (Å²) in [5.41, 5.74) is 0.490. The first-order chi connectivity index (χ1) is 10.6. The van der Waals surface area contributed by atoms with Gasteiger partial charge in [-0.2, -0.15) is 5.10 Å². The second-order valence-electron chi connectivity index (χ2n) is 5.52. The van der Waals surface area contributed by atoms with Gasteiger partial charge in [-0.3, -0.25) is 14.3 Å². The van der Waals surface area contributed by atoms with E-state index < -0.39 is 11.9 Å². The Morgan fingerprint density at radius 3 is 2.73 bits per heavy atom. The van der Waals surface area contributed by atoms with E-state index in [4.69, 9.17) is 5.11 Å². The van der Waals surface area contributed by atoms with Crippen LogP contribution in [0.5, 0.6) is 0 Å². The van der Waals surface area contributed by atoms with Crippen molar-refractivity contribution in [3.63, 3.8) is 0 Å². The van der Waals surface area contributed by atoms with Gasteiger partial charge in [0.25, 0.3) is 5.91 Å². The maximum Gasteiger partial charge on any atom is 0.308 e. The van der Waals surface area contributed by atoms with E-state index in [2.05, 4.69) is 5.10 Å². The molecular formula is C15H18N4O3. The van der Waals surface area contributed by atoms with Crippen molar-refractivity contribution in [1.29, 1.82) is 0 Å². The second kappa shape index (κ2) is 5.67. The molecule has 22 heavy (non-hydrogen) atoms. The van der Waals surface area contributed by atoms with Gasteiger partial charge in [0.05, 0.1) is 12.1 Å². The smallest absolute Gasteiger partial charge is 0.308 e. The maximum atomic E-state index is 12.8. The van der Waals surface area contributed by atoms with Crippen molar-refractivity contribution in [3.05, 3.63) is 36.3 Å². The number of aryl methyl sites for hydroxylation is 1. The van der Waals surface area contributed by atoms with Crippen molar-refractivity contribution >= 4 is 11.9 Å². The molecule has 116 valence electrons. The van der Waals surface area contributed by atoms with Gasteiger partial charge < -0.3 is 14.6 Å². The Labute approximate surface area is 127 Å². The molecule has 7 nitrogen and oxygen atoms in total. The van der Waals surface area contributed by atoms with Gasteiger partial charge in [-0.15, -0.1) is 0 Å². The summed E-state index contributed by atoms with van der Waals surface area (Å²) in [5, 5.41) is 13.3. The minimum atomic E-state index is -0.839. The van der Waals surface area contributed by atoms with Crippen molar-refractivity contribution in [2.24, 2.45) is 13.0 Å². The highest BCUT2D eigenvalue weighted by molar-refractivity contribution is 5.97. The van der Waals surface area contributed by atoms with Crippen LogP contribution in [0, 0.1) is 5.92 Å². The van der Waals surface area contributed by atoms with Gasteiger partial charge in [-0.05, 0) is 25.0 Å². The monoisotopic (exact) mass is 302 g/mol. The summed E-state index contributed by atoms with van der Waals surface area (Å²) in [6.07, 6.45) is 6.58. The number of piperidine rings is 1. The molecule has 0 bridgehead atoms. The van der Waals surface area contributed by atoms with Crippen LogP contribution in [0.1, 0.15) is 23.2 Å². The van der Waals surface area contributed by atoms with Gasteiger partial charge in [0.15, 0.2) is 0 Å². The highest BCUT2D eigenvalue weighted by Crippen LogP contribution is 2.21. The van der Waals surface area contributed by atoms with E-state index in [9.17, 15) is 9.59 Å². The van der Waals surface area contributed by atoms with Crippen molar-refractivity contribution in [2.45, 2.75) is 12.8 Å². The predicted octanol–water partition coefficient (Wildman–Crippen LogP) is 1.15. The zero-order valence-electron chi connectivity index (χ0n) is 12.3. The lowest BCUT2D eigenvalue weighted by Gasteiger charge is -2.30. The molecule has 1 atom stereocenters. The number of nitrogens with zero attached hydrogens (tertiary/aromatic N) is 4. The first-order valence-corrected chi connectivity index (χ1v) is 7.25. The standard InChI is InChI=1S/C15H18N4O3/c1-17-13(18-6-2-3-7-18)12(9-16-17)14(20)19-8-4-5-11(10-19)15(21)22/h2-3,6-7,9,11H,4-5,8,10H2,1H3,(H,21,22). The van der Waals surface area contributed by atoms with Crippen LogP contribution in [0.25, 0.3) is 5.82 Å². The van der Waals surface area contributed by atoms with Crippen LogP contribution in [0.2, 0.25) is 0 Å². The number of hydrogen-bond donors (Lipinski definition) is 1. The van der Waals surface area contributed by atoms with E-state index in [0.717, 1.165) is 0 Å². The number of carbonyl (C=O) groups is 2. The zero-order valence-corrected chi connectivity index (χ0v) is 12.3. The molecule has 1 amide bonds. The van der Waals surface area contributed by atoms with Gasteiger partial charge in [0, 0.05) is 32.5 Å². The number of rotatable bonds is 3. The van der Waals surface area contributed by atoms with Crippen LogP contribution < -0.4 is 0 Å². The minimum absolute atomic E-state index is 0.164. The summed E-state index contributed by atoms with van der Waals surface area (Å²) < 4.78 is 3.48. The number of aliphatic carboxylic acids is 1. The van der Waals surface area contributed by atoms with Gasteiger partial charge in [-0.25, -0.2) is 0 Å². The number of carbonyl (C=O) groups excluding carboxylic acids is 1. The Morgan fingerprint density at radius 1 is 1.32 bits per heavy atom. The fraction of sp³-hybridized carbons (Fsp3) is 0.400. The largest absolute Gasteiger partial charge is 0.481 e. The fourth-order valence-electron chi connectivity index (χ4n) is 2.90. The lowest BCUT2D eigenvalue weighted by atomic mass is 9.98. The fourth-order valence-corrected chi connectivity index (χ4v) is 2.90. The van der Waals surface area contributed by atoms with Crippen LogP contribution in [0.4, 0.5) is 0 Å². The average Bonchev–Trinajstić information content (AvgIpc) is 3.15. The van der Waals surface area contributed by atoms with E-state index in [-0.39, 0.29) is 12.5 Å². The Kier molecular flexibility index (Phi) is 3.70. The number of aromatic nitrogens is 3. The summed E-state index contributed by atoms with van der Waals surface area (Å²) in [6.45, 7) is 0.844. The Bertz CT molecular complexity index is 690. The molecule has 1 aliphatic heterocycles. The average molecular weight is 302 g/mol. The number of carboxylic acid groups (broad SMARTS) is 1. The molecule has 0 aliphatic carbocycles. The molecule has 2 aromatic heterocycles. The summed E-state index contributed by atoms with van der Waals surface area (Å²) in [6, 6.07) is 3.76. The molecule has 1 N–H and O–H groups in total. The van der Waals surface area contributed by atoms with Crippen LogP contribution >= 0.6 is 0 Å². The molecule has 1 unspecified atom stereocenters. The summed E-state index contributed by atoms with van der Waals surface area (Å²) in [4.78, 5) is 25.5. The molecule has 3 rings (SSSR count). The van der Waals surface area contributed by atoms with Gasteiger partial charge >= 0.3 is 5.97 Å². The van der Waals surface area contributed by atoms with Crippen molar-refractivity contribution in [3.8, 4) is 5.82 Å². The van der Waals surface area contributed by atoms with Crippen LogP contribution in [-0.4, -0.2) is 49.3 Å². The molecule has 0 radical (unpaired) electrons. The Balaban J connectivity index is 1.88. The van der Waals surface area contributed by atoms with Crippen LogP contribution in [-0.2, 0) is 11.8 Å². The van der Waals surface area contributed by atoms with Crippen molar-refractivity contribution in [2.75, 3.05) is 13.1 Å². The van der Waals surface area contributed by atoms with E-state index in [1.165, 1.54) is 0 Å². The lowest BCUT2D eigenvalue weighted by Crippen LogP contribution is -2.42. The zero-order chi connectivity index (χ0) is 15.7. The first kappa shape index (κ1) is 14.4. The molecule has 2 aromatic rings. The van der Waals surface area contributed by atoms with Crippen molar-refractivity contribution < 1.29 is 14.7 Å². The Morgan fingerprint density at radius 2 is 2.05 bits per heavy atom. The second-order valence-corrected chi connectivity index (χ2v) is 5.52. The molecule has 3 heterocycles. The predicted molar refractivity (Wildman–Crippen MR) is 78.8 cm³/mol. The van der Waals surface area contributed by atoms with Crippen LogP contribution in [0.3, 0.4) is 0 Å². The lowest BCUT2D eigenvalue weighted by molar-refractivity contribution is -0.143. The number of likely N-dealkylation sites (tertiary alicyclic amines) is 1. The summed E-state index contributed by atoms with van der Waals surface area (Å²) in [7, 11) is 1.78. The van der Waals surface area contributed by atoms with E-state index in [1.807, 2.05) is 29.1 Å². The normalized spacial score (nSPS) is 18.4. The van der Waals surface area contributed by atoms with E-state index in [0.29, 0.717) is 30.8 Å². The molecule has 0 saturated carbocycles. The minimum Gasteiger partial charge on any atom is -0.481 e.